The highest BCUT2D eigenvalue weighted by atomic mass is 28.3. The van der Waals surface area contributed by atoms with Crippen molar-refractivity contribution in [2.24, 2.45) is 0 Å². The second kappa shape index (κ2) is 13.2. The van der Waals surface area contributed by atoms with Crippen LogP contribution in [0.4, 0.5) is 0 Å². The van der Waals surface area contributed by atoms with Crippen molar-refractivity contribution in [2.45, 2.75) is 57.3 Å². The van der Waals surface area contributed by atoms with Gasteiger partial charge < -0.3 is 4.48 Å². The molecule has 244 valence electrons. The Kier molecular flexibility index (Phi) is 9.18. The first-order valence-corrected chi connectivity index (χ1v) is 20.5. The third kappa shape index (κ3) is 6.67. The summed E-state index contributed by atoms with van der Waals surface area (Å²) in [7, 11) is 3.00. The van der Waals surface area contributed by atoms with Crippen molar-refractivity contribution in [1.82, 2.24) is 9.80 Å². The molecule has 4 aromatic carbocycles. The number of hydrogen-bond acceptors (Lipinski definition) is 4. The van der Waals surface area contributed by atoms with Gasteiger partial charge >= 0.3 is 0 Å². The summed E-state index contributed by atoms with van der Waals surface area (Å²) in [4.78, 5) is 55.8. The van der Waals surface area contributed by atoms with Crippen LogP contribution in [-0.2, 0) is 0 Å². The molecule has 0 fully saturated rings. The molecule has 0 atom stereocenters. The number of hydrogen-bond donors (Lipinski definition) is 0. The van der Waals surface area contributed by atoms with Gasteiger partial charge in [0.25, 0.3) is 23.6 Å². The number of unbranched alkanes of at least 4 members (excludes halogenated alkanes) is 2. The molecule has 0 N–H and O–H groups in total. The highest BCUT2D eigenvalue weighted by Crippen LogP contribution is 2.32. The van der Waals surface area contributed by atoms with Crippen LogP contribution in [0.3, 0.4) is 0 Å². The molecule has 4 aromatic rings. The molecular weight excluding hydrogens is 603 g/mol. The quantitative estimate of drug-likeness (QED) is 0.0610. The molecule has 2 aliphatic heterocycles. The van der Waals surface area contributed by atoms with Gasteiger partial charge in [-0.25, -0.2) is 0 Å². The van der Waals surface area contributed by atoms with Gasteiger partial charge in [-0.15, -0.1) is 0 Å². The van der Waals surface area contributed by atoms with Crippen LogP contribution >= 0.6 is 0 Å². The van der Waals surface area contributed by atoms with Crippen LogP contribution in [0.15, 0.2) is 72.8 Å². The van der Waals surface area contributed by atoms with Gasteiger partial charge in [0, 0.05) is 60.6 Å². The number of amides is 4. The Bertz CT molecular complexity index is 1640. The number of imide groups is 2. The van der Waals surface area contributed by atoms with E-state index in [1.807, 2.05) is 72.8 Å². The molecule has 0 bridgehead atoms. The lowest BCUT2D eigenvalue weighted by atomic mass is 9.94. The molecule has 7 nitrogen and oxygen atoms in total. The highest BCUT2D eigenvalue weighted by molar-refractivity contribution is 6.77. The van der Waals surface area contributed by atoms with Gasteiger partial charge in [0.1, 0.15) is 0 Å². The molecule has 2 aliphatic rings. The largest absolute Gasteiger partial charge is 0.328 e. The Morgan fingerprint density at radius 1 is 0.511 bits per heavy atom. The molecule has 47 heavy (non-hydrogen) atoms. The van der Waals surface area contributed by atoms with Crippen LogP contribution in [-0.4, -0.2) is 86.3 Å². The first-order valence-electron chi connectivity index (χ1n) is 17.1. The molecule has 0 spiro atoms. The van der Waals surface area contributed by atoms with Crippen molar-refractivity contribution in [3.8, 4) is 0 Å². The second-order valence-corrected chi connectivity index (χ2v) is 20.1. The van der Waals surface area contributed by atoms with E-state index >= 15 is 0 Å². The molecule has 8 heteroatoms. The zero-order valence-electron chi connectivity index (χ0n) is 28.2. The van der Waals surface area contributed by atoms with Gasteiger partial charge in [-0.2, -0.15) is 0 Å². The standard InChI is InChI=1S/C39H46N3O4Si/c1-42(2,25-12-22-40-36(43)30-18-8-14-28-15-9-19-31(34(28)30)37(40)44)24-6-5-7-26-47(3,4)27-13-23-41-38(45)32-20-10-16-29-17-11-21-33(35(29)32)39(41)46/h8-11,14-21H,5-7,12-13,22-27H2,1-4H3/q+1. The van der Waals surface area contributed by atoms with E-state index in [1.54, 1.807) is 0 Å². The van der Waals surface area contributed by atoms with Gasteiger partial charge in [-0.3, -0.25) is 29.0 Å². The molecule has 0 unspecified atom stereocenters. The van der Waals surface area contributed by atoms with Crippen molar-refractivity contribution in [2.75, 3.05) is 40.3 Å². The van der Waals surface area contributed by atoms with E-state index in [0.29, 0.717) is 35.3 Å². The maximum absolute atomic E-state index is 13.2. The van der Waals surface area contributed by atoms with E-state index in [0.717, 1.165) is 64.4 Å². The van der Waals surface area contributed by atoms with Crippen molar-refractivity contribution >= 4 is 53.2 Å². The minimum atomic E-state index is -1.47. The molecular formula is C39H46N3O4Si+. The SMILES string of the molecule is C[N+](C)(CCCCC[Si](C)(C)CCCN1C(=O)c2cccc3cccc(c23)C1=O)CCCN1C(=O)c2cccc3cccc(c23)C1=O. The van der Waals surface area contributed by atoms with Crippen LogP contribution in [0.5, 0.6) is 0 Å². The fraction of sp³-hybridized carbons (Fsp3) is 0.385. The Morgan fingerprint density at radius 2 is 0.894 bits per heavy atom. The maximum atomic E-state index is 13.2. The summed E-state index contributed by atoms with van der Waals surface area (Å²) >= 11 is 0. The van der Waals surface area contributed by atoms with Gasteiger partial charge in [0.15, 0.2) is 0 Å². The van der Waals surface area contributed by atoms with Crippen molar-refractivity contribution < 1.29 is 23.7 Å². The number of carbonyl (C=O) groups is 4. The third-order valence-corrected chi connectivity index (χ3v) is 13.6. The number of nitrogens with zero attached hydrogens (tertiary/aromatic N) is 3. The molecule has 0 saturated heterocycles. The number of quaternary nitrogens is 1. The molecule has 2 heterocycles. The minimum absolute atomic E-state index is 0.170. The topological polar surface area (TPSA) is 74.8 Å². The van der Waals surface area contributed by atoms with Crippen LogP contribution in [0.2, 0.25) is 25.2 Å². The summed E-state index contributed by atoms with van der Waals surface area (Å²) in [6.45, 7) is 7.70. The zero-order valence-corrected chi connectivity index (χ0v) is 29.2. The Labute approximate surface area is 278 Å². The first-order chi connectivity index (χ1) is 22.5. The lowest BCUT2D eigenvalue weighted by Gasteiger charge is -2.32. The van der Waals surface area contributed by atoms with E-state index in [9.17, 15) is 19.2 Å². The van der Waals surface area contributed by atoms with E-state index in [1.165, 1.54) is 28.7 Å². The molecule has 0 aromatic heterocycles. The van der Waals surface area contributed by atoms with Crippen LogP contribution < -0.4 is 0 Å². The third-order valence-electron chi connectivity index (χ3n) is 10.2. The molecule has 0 aliphatic carbocycles. The monoisotopic (exact) mass is 648 g/mol. The second-order valence-electron chi connectivity index (χ2n) is 14.8. The predicted molar refractivity (Wildman–Crippen MR) is 191 cm³/mol. The van der Waals surface area contributed by atoms with E-state index in [-0.39, 0.29) is 23.6 Å². The summed E-state index contributed by atoms with van der Waals surface area (Å²) in [5.74, 6) is -0.713. The van der Waals surface area contributed by atoms with Crippen LogP contribution in [0.1, 0.15) is 73.5 Å². The number of benzene rings is 4. The highest BCUT2D eigenvalue weighted by Gasteiger charge is 2.34. The molecule has 4 amide bonds. The van der Waals surface area contributed by atoms with Crippen LogP contribution in [0, 0.1) is 0 Å². The average Bonchev–Trinajstić information content (AvgIpc) is 3.05. The summed E-state index contributed by atoms with van der Waals surface area (Å²) in [6.07, 6.45) is 5.12. The summed E-state index contributed by atoms with van der Waals surface area (Å²) < 4.78 is 0.859. The lowest BCUT2D eigenvalue weighted by Crippen LogP contribution is -2.45. The van der Waals surface area contributed by atoms with Gasteiger partial charge in [-0.1, -0.05) is 80.1 Å². The molecule has 0 saturated carbocycles. The van der Waals surface area contributed by atoms with E-state index < -0.39 is 8.07 Å². The normalized spacial score (nSPS) is 15.0. The molecule has 0 radical (unpaired) electrons. The summed E-state index contributed by atoms with van der Waals surface area (Å²) in [5.41, 5.74) is 2.50. The van der Waals surface area contributed by atoms with Gasteiger partial charge in [0.05, 0.1) is 27.2 Å². The average molecular weight is 649 g/mol. The Balaban J connectivity index is 0.910. The summed E-state index contributed by atoms with van der Waals surface area (Å²) in [6, 6.07) is 25.0. The fourth-order valence-corrected chi connectivity index (χ4v) is 10.1. The maximum Gasteiger partial charge on any atom is 0.261 e. The zero-order chi connectivity index (χ0) is 33.3. The first kappa shape index (κ1) is 32.8. The fourth-order valence-electron chi connectivity index (χ4n) is 7.50. The number of carbonyl (C=O) groups excluding carboxylic acids is 4. The summed E-state index contributed by atoms with van der Waals surface area (Å²) in [5, 5.41) is 3.43. The molecule has 6 rings (SSSR count). The number of rotatable bonds is 14. The van der Waals surface area contributed by atoms with E-state index in [2.05, 4.69) is 27.2 Å². The Morgan fingerprint density at radius 3 is 1.34 bits per heavy atom. The predicted octanol–water partition coefficient (Wildman–Crippen LogP) is 7.62. The van der Waals surface area contributed by atoms with Crippen molar-refractivity contribution in [1.29, 1.82) is 0 Å². The minimum Gasteiger partial charge on any atom is -0.328 e. The van der Waals surface area contributed by atoms with Crippen molar-refractivity contribution in [3.63, 3.8) is 0 Å². The smallest absolute Gasteiger partial charge is 0.261 e. The van der Waals surface area contributed by atoms with Crippen molar-refractivity contribution in [3.05, 3.63) is 95.1 Å². The van der Waals surface area contributed by atoms with E-state index in [4.69, 9.17) is 0 Å². The van der Waals surface area contributed by atoms with Crippen LogP contribution in [0.25, 0.3) is 21.5 Å². The lowest BCUT2D eigenvalue weighted by molar-refractivity contribution is -0.890. The van der Waals surface area contributed by atoms with Gasteiger partial charge in [0.2, 0.25) is 0 Å². The van der Waals surface area contributed by atoms with Gasteiger partial charge in [-0.05, 0) is 54.3 Å². The Hall–Kier alpha value is -4.14.